The van der Waals surface area contributed by atoms with Crippen LogP contribution in [-0.2, 0) is 6.54 Å². The van der Waals surface area contributed by atoms with Crippen LogP contribution in [0.1, 0.15) is 30.0 Å². The van der Waals surface area contributed by atoms with Crippen LogP contribution in [0.2, 0.25) is 0 Å². The summed E-state index contributed by atoms with van der Waals surface area (Å²) in [5.74, 6) is 0.190. The number of aromatic nitrogens is 3. The van der Waals surface area contributed by atoms with Crippen molar-refractivity contribution in [3.63, 3.8) is 0 Å². The summed E-state index contributed by atoms with van der Waals surface area (Å²) in [6.07, 6.45) is 0. The molecule has 1 amide bonds. The molecule has 0 radical (unpaired) electrons. The van der Waals surface area contributed by atoms with Crippen molar-refractivity contribution in [2.45, 2.75) is 32.9 Å². The molecule has 1 fully saturated rings. The summed E-state index contributed by atoms with van der Waals surface area (Å²) in [6.45, 7) is 8.83. The number of piperazine rings is 1. The highest BCUT2D eigenvalue weighted by Gasteiger charge is 2.31. The van der Waals surface area contributed by atoms with Gasteiger partial charge in [0, 0.05) is 25.2 Å². The lowest BCUT2D eigenvalue weighted by molar-refractivity contribution is 0.0645. The van der Waals surface area contributed by atoms with Gasteiger partial charge in [-0.1, -0.05) is 5.21 Å². The average Bonchev–Trinajstić information content (AvgIpc) is 2.96. The Hall–Kier alpha value is -2.48. The number of hydrogen-bond acceptors (Lipinski definition) is 5. The lowest BCUT2D eigenvalue weighted by Crippen LogP contribution is -2.58. The molecule has 0 saturated carbocycles. The van der Waals surface area contributed by atoms with E-state index >= 15 is 0 Å². The van der Waals surface area contributed by atoms with E-state index in [2.05, 4.69) is 29.5 Å². The van der Waals surface area contributed by atoms with Gasteiger partial charge in [0.1, 0.15) is 18.2 Å². The number of carbonyl (C=O) groups excluding carboxylic acids is 1. The largest absolute Gasteiger partial charge is 0.492 e. The number of rotatable bonds is 5. The second-order valence-electron chi connectivity index (χ2n) is 7.09. The van der Waals surface area contributed by atoms with Gasteiger partial charge in [-0.25, -0.2) is 9.07 Å². The number of nitrogens with zero attached hydrogens (tertiary/aromatic N) is 4. The lowest BCUT2D eigenvalue weighted by atomic mass is 10.0. The number of nitrogens with one attached hydrogen (secondary N) is 1. The summed E-state index contributed by atoms with van der Waals surface area (Å²) >= 11 is 0. The molecule has 3 rings (SSSR count). The van der Waals surface area contributed by atoms with Crippen molar-refractivity contribution in [1.82, 2.24) is 25.2 Å². The minimum atomic E-state index is -0.302. The predicted octanol–water partition coefficient (Wildman–Crippen LogP) is 1.63. The normalized spacial score (nSPS) is 16.5. The van der Waals surface area contributed by atoms with Crippen molar-refractivity contribution < 1.29 is 13.9 Å². The van der Waals surface area contributed by atoms with Crippen LogP contribution in [0.4, 0.5) is 4.39 Å². The number of halogens is 1. The lowest BCUT2D eigenvalue weighted by Gasteiger charge is -2.38. The van der Waals surface area contributed by atoms with E-state index in [0.29, 0.717) is 43.4 Å². The van der Waals surface area contributed by atoms with Crippen molar-refractivity contribution in [2.24, 2.45) is 0 Å². The molecule has 7 nitrogen and oxygen atoms in total. The molecule has 2 aromatic rings. The highest BCUT2D eigenvalue weighted by Crippen LogP contribution is 2.15. The van der Waals surface area contributed by atoms with Gasteiger partial charge >= 0.3 is 0 Å². The van der Waals surface area contributed by atoms with Crippen LogP contribution in [0.25, 0.3) is 0 Å². The number of hydrogen-bond donors (Lipinski definition) is 1. The van der Waals surface area contributed by atoms with Gasteiger partial charge in [0.2, 0.25) is 0 Å². The Morgan fingerprint density at radius 1 is 1.35 bits per heavy atom. The van der Waals surface area contributed by atoms with Crippen molar-refractivity contribution >= 4 is 5.91 Å². The first-order chi connectivity index (χ1) is 12.4. The molecule has 0 unspecified atom stereocenters. The van der Waals surface area contributed by atoms with E-state index in [1.54, 1.807) is 16.8 Å². The molecule has 1 saturated heterocycles. The number of carbonyl (C=O) groups is 1. The first-order valence-electron chi connectivity index (χ1n) is 8.68. The van der Waals surface area contributed by atoms with Crippen LogP contribution in [-0.4, -0.2) is 57.6 Å². The SMILES string of the molecule is Cc1c(C(=O)N2CCNC(C)(C)C2)nnn1CCOc1ccc(F)cc1. The van der Waals surface area contributed by atoms with Gasteiger partial charge in [0.05, 0.1) is 12.2 Å². The molecule has 0 spiro atoms. The molecule has 2 heterocycles. The molecule has 0 atom stereocenters. The highest BCUT2D eigenvalue weighted by molar-refractivity contribution is 5.93. The summed E-state index contributed by atoms with van der Waals surface area (Å²) in [5, 5.41) is 11.5. The third-order valence-electron chi connectivity index (χ3n) is 4.43. The first kappa shape index (κ1) is 18.3. The third-order valence-corrected chi connectivity index (χ3v) is 4.43. The van der Waals surface area contributed by atoms with Crippen molar-refractivity contribution in [3.8, 4) is 5.75 Å². The Morgan fingerprint density at radius 3 is 2.77 bits per heavy atom. The molecule has 1 aromatic carbocycles. The van der Waals surface area contributed by atoms with Crippen LogP contribution >= 0.6 is 0 Å². The minimum Gasteiger partial charge on any atom is -0.492 e. The van der Waals surface area contributed by atoms with E-state index in [-0.39, 0.29) is 17.3 Å². The monoisotopic (exact) mass is 361 g/mol. The fourth-order valence-corrected chi connectivity index (χ4v) is 3.02. The topological polar surface area (TPSA) is 72.3 Å². The van der Waals surface area contributed by atoms with Gasteiger partial charge in [-0.3, -0.25) is 4.79 Å². The Balaban J connectivity index is 1.60. The molecule has 26 heavy (non-hydrogen) atoms. The first-order valence-corrected chi connectivity index (χ1v) is 8.68. The zero-order chi connectivity index (χ0) is 18.7. The maximum Gasteiger partial charge on any atom is 0.276 e. The standard InChI is InChI=1S/C18H24FN5O2/c1-13-16(17(25)23-9-8-20-18(2,3)12-23)21-22-24(13)10-11-26-15-6-4-14(19)5-7-15/h4-7,20H,8-12H2,1-3H3. The molecule has 0 bridgehead atoms. The van der Waals surface area contributed by atoms with Crippen LogP contribution in [0, 0.1) is 12.7 Å². The van der Waals surface area contributed by atoms with Crippen molar-refractivity contribution in [1.29, 1.82) is 0 Å². The summed E-state index contributed by atoms with van der Waals surface area (Å²) in [5.41, 5.74) is 0.986. The van der Waals surface area contributed by atoms with E-state index in [0.717, 1.165) is 6.54 Å². The molecule has 140 valence electrons. The third kappa shape index (κ3) is 4.19. The smallest absolute Gasteiger partial charge is 0.276 e. The fraction of sp³-hybridized carbons (Fsp3) is 0.500. The van der Waals surface area contributed by atoms with Crippen LogP contribution in [0.5, 0.6) is 5.75 Å². The highest BCUT2D eigenvalue weighted by atomic mass is 19.1. The number of amides is 1. The Labute approximate surface area is 152 Å². The maximum atomic E-state index is 12.9. The summed E-state index contributed by atoms with van der Waals surface area (Å²) in [6, 6.07) is 5.85. The van der Waals surface area contributed by atoms with Crippen molar-refractivity contribution in [3.05, 3.63) is 41.5 Å². The second-order valence-corrected chi connectivity index (χ2v) is 7.09. The van der Waals surface area contributed by atoms with E-state index < -0.39 is 0 Å². The molecular formula is C18H24FN5O2. The molecule has 1 aromatic heterocycles. The molecule has 0 aliphatic carbocycles. The minimum absolute atomic E-state index is 0.0947. The zero-order valence-electron chi connectivity index (χ0n) is 15.3. The number of ether oxygens (including phenoxy) is 1. The van der Waals surface area contributed by atoms with Gasteiger partial charge in [-0.05, 0) is 45.0 Å². The molecule has 8 heteroatoms. The summed E-state index contributed by atoms with van der Waals surface area (Å²) in [7, 11) is 0. The van der Waals surface area contributed by atoms with Gasteiger partial charge in [0.15, 0.2) is 5.69 Å². The second kappa shape index (κ2) is 7.41. The van der Waals surface area contributed by atoms with E-state index in [4.69, 9.17) is 4.74 Å². The molecular weight excluding hydrogens is 337 g/mol. The molecule has 1 aliphatic rings. The van der Waals surface area contributed by atoms with Gasteiger partial charge in [0.25, 0.3) is 5.91 Å². The zero-order valence-corrected chi connectivity index (χ0v) is 15.3. The van der Waals surface area contributed by atoms with Gasteiger partial charge in [-0.2, -0.15) is 0 Å². The van der Waals surface area contributed by atoms with E-state index in [1.807, 2.05) is 11.8 Å². The van der Waals surface area contributed by atoms with Crippen molar-refractivity contribution in [2.75, 3.05) is 26.2 Å². The molecule has 1 aliphatic heterocycles. The van der Waals surface area contributed by atoms with Gasteiger partial charge in [-0.15, -0.1) is 5.10 Å². The van der Waals surface area contributed by atoms with Crippen LogP contribution < -0.4 is 10.1 Å². The predicted molar refractivity (Wildman–Crippen MR) is 94.6 cm³/mol. The summed E-state index contributed by atoms with van der Waals surface area (Å²) in [4.78, 5) is 14.6. The maximum absolute atomic E-state index is 12.9. The van der Waals surface area contributed by atoms with Crippen LogP contribution in [0.3, 0.4) is 0 Å². The Bertz CT molecular complexity index is 772. The quantitative estimate of drug-likeness (QED) is 0.876. The molecule has 1 N–H and O–H groups in total. The average molecular weight is 361 g/mol. The van der Waals surface area contributed by atoms with Gasteiger partial charge < -0.3 is 15.0 Å². The number of benzene rings is 1. The van der Waals surface area contributed by atoms with E-state index in [9.17, 15) is 9.18 Å². The summed E-state index contributed by atoms with van der Waals surface area (Å²) < 4.78 is 20.1. The fourth-order valence-electron chi connectivity index (χ4n) is 3.02. The Kier molecular flexibility index (Phi) is 5.22. The van der Waals surface area contributed by atoms with Crippen LogP contribution in [0.15, 0.2) is 24.3 Å². The van der Waals surface area contributed by atoms with E-state index in [1.165, 1.54) is 12.1 Å². The Morgan fingerprint density at radius 2 is 2.08 bits per heavy atom.